The van der Waals surface area contributed by atoms with E-state index in [4.69, 9.17) is 0 Å². The summed E-state index contributed by atoms with van der Waals surface area (Å²) in [5.41, 5.74) is 1.67. The molecule has 1 fully saturated rings. The zero-order chi connectivity index (χ0) is 13.8. The van der Waals surface area contributed by atoms with Crippen LogP contribution in [0.3, 0.4) is 0 Å². The first-order valence-electron chi connectivity index (χ1n) is 7.04. The highest BCUT2D eigenvalue weighted by Crippen LogP contribution is 2.17. The number of hydrogen-bond donors (Lipinski definition) is 1. The molecule has 0 spiro atoms. The number of aromatic nitrogens is 1. The maximum absolute atomic E-state index is 12.1. The second-order valence-corrected chi connectivity index (χ2v) is 5.46. The van der Waals surface area contributed by atoms with E-state index in [1.165, 1.54) is 19.3 Å². The van der Waals surface area contributed by atoms with E-state index in [1.807, 2.05) is 18.4 Å². The van der Waals surface area contributed by atoms with Crippen LogP contribution in [-0.2, 0) is 11.3 Å². The van der Waals surface area contributed by atoms with E-state index in [2.05, 4.69) is 5.32 Å². The number of nitrogens with zero attached hydrogens (tertiary/aromatic N) is 1. The minimum atomic E-state index is -0.000983. The van der Waals surface area contributed by atoms with Gasteiger partial charge in [-0.1, -0.05) is 19.3 Å². The summed E-state index contributed by atoms with van der Waals surface area (Å²) in [5, 5.41) is 3.10. The molecule has 0 radical (unpaired) electrons. The van der Waals surface area contributed by atoms with Crippen molar-refractivity contribution in [2.75, 3.05) is 0 Å². The highest BCUT2D eigenvalue weighted by molar-refractivity contribution is 5.76. The first-order chi connectivity index (χ1) is 9.06. The smallest absolute Gasteiger partial charge is 0.240 e. The molecule has 1 aliphatic carbocycles. The lowest BCUT2D eigenvalue weighted by atomic mass is 9.95. The fourth-order valence-corrected chi connectivity index (χ4v) is 2.80. The van der Waals surface area contributed by atoms with Crippen molar-refractivity contribution in [3.8, 4) is 0 Å². The summed E-state index contributed by atoms with van der Waals surface area (Å²) >= 11 is 0. The molecule has 1 aromatic heterocycles. The fraction of sp³-hybridized carbons (Fsp3) is 0.600. The summed E-state index contributed by atoms with van der Waals surface area (Å²) in [6.45, 7) is 4.03. The van der Waals surface area contributed by atoms with E-state index in [0.717, 1.165) is 24.2 Å². The van der Waals surface area contributed by atoms with Crippen molar-refractivity contribution in [2.45, 2.75) is 58.5 Å². The van der Waals surface area contributed by atoms with Gasteiger partial charge in [0, 0.05) is 29.6 Å². The van der Waals surface area contributed by atoms with Gasteiger partial charge in [0.05, 0.1) is 0 Å². The number of amides is 1. The van der Waals surface area contributed by atoms with Gasteiger partial charge in [0.25, 0.3) is 0 Å². The number of aryl methyl sites for hydroxylation is 2. The maximum Gasteiger partial charge on any atom is 0.240 e. The van der Waals surface area contributed by atoms with Crippen LogP contribution < -0.4 is 10.7 Å². The van der Waals surface area contributed by atoms with Crippen LogP contribution in [0.2, 0.25) is 0 Å². The predicted molar refractivity (Wildman–Crippen MR) is 75.2 cm³/mol. The fourth-order valence-electron chi connectivity index (χ4n) is 2.80. The van der Waals surface area contributed by atoms with Gasteiger partial charge in [0.1, 0.15) is 6.54 Å². The molecule has 1 saturated carbocycles. The Morgan fingerprint density at radius 3 is 2.37 bits per heavy atom. The number of rotatable bonds is 3. The molecule has 19 heavy (non-hydrogen) atoms. The summed E-state index contributed by atoms with van der Waals surface area (Å²) in [6, 6.07) is 3.48. The Kier molecular flexibility index (Phi) is 4.40. The molecule has 0 aliphatic heterocycles. The first kappa shape index (κ1) is 13.8. The highest BCUT2D eigenvalue weighted by Gasteiger charge is 2.16. The van der Waals surface area contributed by atoms with Gasteiger partial charge in [-0.15, -0.1) is 0 Å². The third-order valence-electron chi connectivity index (χ3n) is 3.83. The number of carbonyl (C=O) groups is 1. The maximum atomic E-state index is 12.1. The van der Waals surface area contributed by atoms with Crippen molar-refractivity contribution in [1.82, 2.24) is 9.88 Å². The molecule has 1 aromatic rings. The lowest BCUT2D eigenvalue weighted by molar-refractivity contribution is -0.122. The minimum absolute atomic E-state index is 0.000983. The summed E-state index contributed by atoms with van der Waals surface area (Å²) in [7, 11) is 0. The van der Waals surface area contributed by atoms with Crippen molar-refractivity contribution in [1.29, 1.82) is 0 Å². The molecule has 0 saturated heterocycles. The zero-order valence-corrected chi connectivity index (χ0v) is 11.7. The monoisotopic (exact) mass is 262 g/mol. The van der Waals surface area contributed by atoms with Gasteiger partial charge in [0.2, 0.25) is 5.91 Å². The second-order valence-electron chi connectivity index (χ2n) is 5.46. The molecule has 1 amide bonds. The van der Waals surface area contributed by atoms with Crippen LogP contribution >= 0.6 is 0 Å². The molecule has 0 atom stereocenters. The Balaban J connectivity index is 2.00. The Labute approximate surface area is 113 Å². The quantitative estimate of drug-likeness (QED) is 0.904. The molecule has 2 rings (SSSR count). The summed E-state index contributed by atoms with van der Waals surface area (Å²) in [6.07, 6.45) is 5.88. The first-order valence-corrected chi connectivity index (χ1v) is 7.04. The normalized spacial score (nSPS) is 16.3. The third kappa shape index (κ3) is 3.69. The molecule has 104 valence electrons. The topological polar surface area (TPSA) is 51.1 Å². The van der Waals surface area contributed by atoms with E-state index in [9.17, 15) is 9.59 Å². The van der Waals surface area contributed by atoms with Crippen molar-refractivity contribution >= 4 is 5.91 Å². The van der Waals surface area contributed by atoms with E-state index in [1.54, 1.807) is 12.1 Å². The van der Waals surface area contributed by atoms with Gasteiger partial charge in [-0.2, -0.15) is 0 Å². The lowest BCUT2D eigenvalue weighted by Crippen LogP contribution is -2.38. The molecule has 1 N–H and O–H groups in total. The molecule has 4 nitrogen and oxygen atoms in total. The summed E-state index contributed by atoms with van der Waals surface area (Å²) in [4.78, 5) is 23.4. The van der Waals surface area contributed by atoms with Crippen LogP contribution in [0, 0.1) is 13.8 Å². The van der Waals surface area contributed by atoms with Gasteiger partial charge in [-0.3, -0.25) is 9.59 Å². The molecule has 4 heteroatoms. The van der Waals surface area contributed by atoms with Crippen LogP contribution in [0.25, 0.3) is 0 Å². The van der Waals surface area contributed by atoms with Gasteiger partial charge >= 0.3 is 0 Å². The van der Waals surface area contributed by atoms with Crippen molar-refractivity contribution in [2.24, 2.45) is 0 Å². The van der Waals surface area contributed by atoms with Crippen LogP contribution in [0.5, 0.6) is 0 Å². The van der Waals surface area contributed by atoms with E-state index in [-0.39, 0.29) is 11.3 Å². The summed E-state index contributed by atoms with van der Waals surface area (Å²) in [5.74, 6) is 0.0433. The minimum Gasteiger partial charge on any atom is -0.352 e. The van der Waals surface area contributed by atoms with E-state index >= 15 is 0 Å². The zero-order valence-electron chi connectivity index (χ0n) is 11.7. The SMILES string of the molecule is Cc1cc(=O)cc(C)n1CC(=O)NC1CCCCC1. The molecule has 1 aliphatic rings. The van der Waals surface area contributed by atoms with E-state index < -0.39 is 0 Å². The van der Waals surface area contributed by atoms with Gasteiger partial charge < -0.3 is 9.88 Å². The van der Waals surface area contributed by atoms with Crippen molar-refractivity contribution in [3.05, 3.63) is 33.7 Å². The number of hydrogen-bond acceptors (Lipinski definition) is 2. The average molecular weight is 262 g/mol. The Morgan fingerprint density at radius 1 is 1.21 bits per heavy atom. The van der Waals surface area contributed by atoms with Gasteiger partial charge in [0.15, 0.2) is 5.43 Å². The molecule has 0 bridgehead atoms. The van der Waals surface area contributed by atoms with Crippen LogP contribution in [0.15, 0.2) is 16.9 Å². The molecular formula is C15H22N2O2. The molecule has 1 heterocycles. The Morgan fingerprint density at radius 2 is 1.79 bits per heavy atom. The van der Waals surface area contributed by atoms with Crippen molar-refractivity contribution in [3.63, 3.8) is 0 Å². The molecular weight excluding hydrogens is 240 g/mol. The van der Waals surface area contributed by atoms with Crippen molar-refractivity contribution < 1.29 is 4.79 Å². The summed E-state index contributed by atoms with van der Waals surface area (Å²) < 4.78 is 1.89. The largest absolute Gasteiger partial charge is 0.352 e. The van der Waals surface area contributed by atoms with Crippen LogP contribution in [-0.4, -0.2) is 16.5 Å². The van der Waals surface area contributed by atoms with E-state index in [0.29, 0.717) is 12.6 Å². The Hall–Kier alpha value is -1.58. The van der Waals surface area contributed by atoms with Gasteiger partial charge in [-0.25, -0.2) is 0 Å². The standard InChI is InChI=1S/C15H22N2O2/c1-11-8-14(18)9-12(2)17(11)10-15(19)16-13-6-4-3-5-7-13/h8-9,13H,3-7,10H2,1-2H3,(H,16,19). The number of nitrogens with one attached hydrogen (secondary N) is 1. The predicted octanol–water partition coefficient (Wildman–Crippen LogP) is 1.91. The Bertz CT molecular complexity index is 487. The highest BCUT2D eigenvalue weighted by atomic mass is 16.2. The van der Waals surface area contributed by atoms with Crippen LogP contribution in [0.4, 0.5) is 0 Å². The lowest BCUT2D eigenvalue weighted by Gasteiger charge is -2.23. The number of pyridine rings is 1. The van der Waals surface area contributed by atoms with Gasteiger partial charge in [-0.05, 0) is 26.7 Å². The number of carbonyl (C=O) groups excluding carboxylic acids is 1. The third-order valence-corrected chi connectivity index (χ3v) is 3.83. The second kappa shape index (κ2) is 6.04. The molecule has 0 aromatic carbocycles. The van der Waals surface area contributed by atoms with Crippen LogP contribution in [0.1, 0.15) is 43.5 Å². The average Bonchev–Trinajstić information content (AvgIpc) is 2.35. The molecule has 0 unspecified atom stereocenters.